The maximum Gasteiger partial charge on any atom is 0.211 e. The molecular formula is C8H12Cl2N2O2. The van der Waals surface area contributed by atoms with E-state index in [1.165, 1.54) is 6.07 Å². The molecule has 1 aliphatic rings. The van der Waals surface area contributed by atoms with Crippen molar-refractivity contribution in [2.24, 2.45) is 0 Å². The summed E-state index contributed by atoms with van der Waals surface area (Å²) >= 11 is 0. The number of halogens is 2. The lowest BCUT2D eigenvalue weighted by Gasteiger charge is -2.04. The first-order valence-corrected chi connectivity index (χ1v) is 3.88. The van der Waals surface area contributed by atoms with E-state index in [0.29, 0.717) is 13.2 Å². The topological polar surface area (TPSA) is 54.4 Å². The molecule has 14 heavy (non-hydrogen) atoms. The van der Waals surface area contributed by atoms with E-state index in [1.807, 2.05) is 0 Å². The minimum atomic E-state index is 0. The van der Waals surface area contributed by atoms with Crippen molar-refractivity contribution in [3.63, 3.8) is 0 Å². The van der Waals surface area contributed by atoms with Gasteiger partial charge in [0.05, 0.1) is 0 Å². The highest BCUT2D eigenvalue weighted by Crippen LogP contribution is 2.20. The molecular weight excluding hydrogens is 227 g/mol. The van der Waals surface area contributed by atoms with Gasteiger partial charge in [-0.2, -0.15) is 0 Å². The van der Waals surface area contributed by atoms with Crippen molar-refractivity contribution < 1.29 is 9.84 Å². The second-order valence-corrected chi connectivity index (χ2v) is 2.64. The lowest BCUT2D eigenvalue weighted by atomic mass is 10.3. The first kappa shape index (κ1) is 13.3. The smallest absolute Gasteiger partial charge is 0.211 e. The first-order valence-electron chi connectivity index (χ1n) is 3.88. The summed E-state index contributed by atoms with van der Waals surface area (Å²) < 4.78 is 5.37. The van der Waals surface area contributed by atoms with E-state index >= 15 is 0 Å². The van der Waals surface area contributed by atoms with Crippen LogP contribution in [0.25, 0.3) is 0 Å². The van der Waals surface area contributed by atoms with E-state index < -0.39 is 0 Å². The van der Waals surface area contributed by atoms with Crippen LogP contribution in [0.5, 0.6) is 11.6 Å². The SMILES string of the molecule is Cl.Cl.Oc1ccc2c(n1)CNCCO2. The van der Waals surface area contributed by atoms with Crippen molar-refractivity contribution >= 4 is 24.8 Å². The molecule has 1 aromatic heterocycles. The van der Waals surface area contributed by atoms with Crippen LogP contribution in [0.4, 0.5) is 0 Å². The molecule has 0 radical (unpaired) electrons. The van der Waals surface area contributed by atoms with Gasteiger partial charge in [-0.1, -0.05) is 0 Å². The lowest BCUT2D eigenvalue weighted by molar-refractivity contribution is 0.324. The normalized spacial score (nSPS) is 13.7. The van der Waals surface area contributed by atoms with Crippen molar-refractivity contribution in [2.45, 2.75) is 6.54 Å². The van der Waals surface area contributed by atoms with Gasteiger partial charge in [-0.15, -0.1) is 24.8 Å². The molecule has 0 aliphatic carbocycles. The number of rotatable bonds is 0. The average molecular weight is 239 g/mol. The van der Waals surface area contributed by atoms with Gasteiger partial charge < -0.3 is 15.2 Å². The van der Waals surface area contributed by atoms with Crippen LogP contribution in [0, 0.1) is 0 Å². The van der Waals surface area contributed by atoms with Crippen LogP contribution in [0.2, 0.25) is 0 Å². The Bertz CT molecular complexity index is 297. The number of pyridine rings is 1. The molecule has 2 heterocycles. The summed E-state index contributed by atoms with van der Waals surface area (Å²) in [5.41, 5.74) is 0.771. The van der Waals surface area contributed by atoms with Gasteiger partial charge >= 0.3 is 0 Å². The van der Waals surface area contributed by atoms with Gasteiger partial charge in [0.2, 0.25) is 5.88 Å². The number of aromatic hydroxyl groups is 1. The predicted molar refractivity (Wildman–Crippen MR) is 57.6 cm³/mol. The Morgan fingerprint density at radius 1 is 1.36 bits per heavy atom. The standard InChI is InChI=1S/C8H10N2O2.2ClH/c11-8-2-1-7-6(10-8)5-9-3-4-12-7;;/h1-2,9H,3-5H2,(H,10,11);2*1H. The van der Waals surface area contributed by atoms with Crippen LogP contribution in [-0.2, 0) is 6.54 Å². The second kappa shape index (κ2) is 5.90. The first-order chi connectivity index (χ1) is 5.86. The third-order valence-electron chi connectivity index (χ3n) is 1.75. The molecule has 4 nitrogen and oxygen atoms in total. The Labute approximate surface area is 94.5 Å². The molecule has 2 N–H and O–H groups in total. The fourth-order valence-electron chi connectivity index (χ4n) is 1.18. The van der Waals surface area contributed by atoms with Crippen molar-refractivity contribution in [3.8, 4) is 11.6 Å². The number of aromatic nitrogens is 1. The Morgan fingerprint density at radius 3 is 2.93 bits per heavy atom. The van der Waals surface area contributed by atoms with Gasteiger partial charge in [-0.3, -0.25) is 0 Å². The monoisotopic (exact) mass is 238 g/mol. The van der Waals surface area contributed by atoms with Gasteiger partial charge in [0.1, 0.15) is 18.1 Å². The Hall–Kier alpha value is -0.710. The average Bonchev–Trinajstić information content (AvgIpc) is 2.28. The minimum absolute atomic E-state index is 0. The number of ether oxygens (including phenoxy) is 1. The minimum Gasteiger partial charge on any atom is -0.493 e. The van der Waals surface area contributed by atoms with Crippen LogP contribution in [-0.4, -0.2) is 23.2 Å². The van der Waals surface area contributed by atoms with E-state index in [-0.39, 0.29) is 30.7 Å². The van der Waals surface area contributed by atoms with Crippen molar-refractivity contribution in [1.82, 2.24) is 10.3 Å². The van der Waals surface area contributed by atoms with Crippen LogP contribution in [0.1, 0.15) is 5.69 Å². The van der Waals surface area contributed by atoms with Gasteiger partial charge in [0, 0.05) is 19.2 Å². The number of nitrogens with zero attached hydrogens (tertiary/aromatic N) is 1. The zero-order valence-corrected chi connectivity index (χ0v) is 9.03. The molecule has 0 saturated carbocycles. The fourth-order valence-corrected chi connectivity index (χ4v) is 1.18. The summed E-state index contributed by atoms with van der Waals surface area (Å²) in [6, 6.07) is 3.27. The third kappa shape index (κ3) is 2.90. The molecule has 0 atom stereocenters. The zero-order chi connectivity index (χ0) is 8.39. The summed E-state index contributed by atoms with van der Waals surface area (Å²) in [6.45, 7) is 2.13. The molecule has 80 valence electrons. The molecule has 0 saturated heterocycles. The van der Waals surface area contributed by atoms with E-state index in [4.69, 9.17) is 9.84 Å². The van der Waals surface area contributed by atoms with E-state index in [9.17, 15) is 0 Å². The Kier molecular flexibility index (Phi) is 5.60. The van der Waals surface area contributed by atoms with Crippen LogP contribution >= 0.6 is 24.8 Å². The van der Waals surface area contributed by atoms with Crippen LogP contribution < -0.4 is 10.1 Å². The number of fused-ring (bicyclic) bond motifs is 1. The maximum absolute atomic E-state index is 9.09. The zero-order valence-electron chi connectivity index (χ0n) is 7.40. The van der Waals surface area contributed by atoms with Crippen LogP contribution in [0.15, 0.2) is 12.1 Å². The quantitative estimate of drug-likeness (QED) is 0.712. The van der Waals surface area contributed by atoms with E-state index in [2.05, 4.69) is 10.3 Å². The molecule has 0 fully saturated rings. The summed E-state index contributed by atoms with van der Waals surface area (Å²) in [5, 5.41) is 12.2. The highest BCUT2D eigenvalue weighted by atomic mass is 35.5. The van der Waals surface area contributed by atoms with E-state index in [1.54, 1.807) is 6.07 Å². The highest BCUT2D eigenvalue weighted by molar-refractivity contribution is 5.85. The lowest BCUT2D eigenvalue weighted by Crippen LogP contribution is -2.16. The van der Waals surface area contributed by atoms with Crippen molar-refractivity contribution in [1.29, 1.82) is 0 Å². The molecule has 6 heteroatoms. The van der Waals surface area contributed by atoms with Crippen LogP contribution in [0.3, 0.4) is 0 Å². The largest absolute Gasteiger partial charge is 0.493 e. The summed E-state index contributed by atoms with van der Waals surface area (Å²) in [4.78, 5) is 3.94. The predicted octanol–water partition coefficient (Wildman–Crippen LogP) is 1.11. The fraction of sp³-hybridized carbons (Fsp3) is 0.375. The molecule has 0 amide bonds. The van der Waals surface area contributed by atoms with Crippen molar-refractivity contribution in [2.75, 3.05) is 13.2 Å². The Morgan fingerprint density at radius 2 is 2.14 bits per heavy atom. The number of hydrogen-bond acceptors (Lipinski definition) is 4. The Balaban J connectivity index is 0.000000845. The highest BCUT2D eigenvalue weighted by Gasteiger charge is 2.09. The van der Waals surface area contributed by atoms with Gasteiger partial charge in [-0.05, 0) is 6.07 Å². The molecule has 0 unspecified atom stereocenters. The van der Waals surface area contributed by atoms with Gasteiger partial charge in [0.15, 0.2) is 0 Å². The number of hydrogen-bond donors (Lipinski definition) is 2. The van der Waals surface area contributed by atoms with Gasteiger partial charge in [-0.25, -0.2) is 4.98 Å². The molecule has 0 spiro atoms. The number of nitrogens with one attached hydrogen (secondary N) is 1. The van der Waals surface area contributed by atoms with E-state index in [0.717, 1.165) is 18.0 Å². The molecule has 0 bridgehead atoms. The second-order valence-electron chi connectivity index (χ2n) is 2.64. The molecule has 1 aliphatic heterocycles. The molecule has 1 aromatic rings. The molecule has 0 aromatic carbocycles. The summed E-state index contributed by atoms with van der Waals surface area (Å²) in [5.74, 6) is 0.804. The van der Waals surface area contributed by atoms with Crippen molar-refractivity contribution in [3.05, 3.63) is 17.8 Å². The third-order valence-corrected chi connectivity index (χ3v) is 1.75. The summed E-state index contributed by atoms with van der Waals surface area (Å²) in [6.07, 6.45) is 0. The maximum atomic E-state index is 9.09. The molecule has 2 rings (SSSR count). The van der Waals surface area contributed by atoms with Gasteiger partial charge in [0.25, 0.3) is 0 Å². The summed E-state index contributed by atoms with van der Waals surface area (Å²) in [7, 11) is 0.